The molecule has 0 saturated carbocycles. The third-order valence-electron chi connectivity index (χ3n) is 3.18. The standard InChI is InChI=1S/C12H16O.C5H7NO/c1-10(11(2)13)8-9-12-6-4-3-5-7-12;6-4-5-2-1-3-7-5/h3-7,10H,8-9H2,1-2H3;1-3H,4,6H2. The van der Waals surface area contributed by atoms with Gasteiger partial charge in [0.15, 0.2) is 0 Å². The highest BCUT2D eigenvalue weighted by Crippen LogP contribution is 2.09. The summed E-state index contributed by atoms with van der Waals surface area (Å²) < 4.78 is 4.86. The van der Waals surface area contributed by atoms with Gasteiger partial charge in [-0.2, -0.15) is 0 Å². The van der Waals surface area contributed by atoms with Crippen LogP contribution in [0.25, 0.3) is 0 Å². The van der Waals surface area contributed by atoms with Gasteiger partial charge in [-0.3, -0.25) is 4.79 Å². The molecule has 2 aromatic rings. The van der Waals surface area contributed by atoms with Crippen molar-refractivity contribution in [2.24, 2.45) is 11.7 Å². The maximum atomic E-state index is 11.0. The number of aryl methyl sites for hydroxylation is 1. The van der Waals surface area contributed by atoms with E-state index in [1.54, 1.807) is 13.2 Å². The minimum Gasteiger partial charge on any atom is -0.468 e. The van der Waals surface area contributed by atoms with Crippen LogP contribution in [0.4, 0.5) is 0 Å². The van der Waals surface area contributed by atoms with Gasteiger partial charge in [-0.15, -0.1) is 0 Å². The molecular formula is C17H23NO2. The van der Waals surface area contributed by atoms with E-state index in [1.807, 2.05) is 37.3 Å². The Hall–Kier alpha value is -1.87. The molecule has 0 aliphatic carbocycles. The minimum absolute atomic E-state index is 0.195. The molecule has 1 aromatic heterocycles. The van der Waals surface area contributed by atoms with Crippen LogP contribution in [0.5, 0.6) is 0 Å². The van der Waals surface area contributed by atoms with Gasteiger partial charge in [0, 0.05) is 5.92 Å². The molecule has 1 unspecified atom stereocenters. The summed E-state index contributed by atoms with van der Waals surface area (Å²) in [6.07, 6.45) is 3.57. The third-order valence-corrected chi connectivity index (χ3v) is 3.18. The van der Waals surface area contributed by atoms with E-state index >= 15 is 0 Å². The summed E-state index contributed by atoms with van der Waals surface area (Å²) in [6.45, 7) is 4.15. The van der Waals surface area contributed by atoms with Gasteiger partial charge in [-0.25, -0.2) is 0 Å². The summed E-state index contributed by atoms with van der Waals surface area (Å²) in [5.41, 5.74) is 6.52. The van der Waals surface area contributed by atoms with Crippen molar-refractivity contribution < 1.29 is 9.21 Å². The summed E-state index contributed by atoms with van der Waals surface area (Å²) in [7, 11) is 0. The number of carbonyl (C=O) groups is 1. The molecule has 0 aliphatic rings. The van der Waals surface area contributed by atoms with Gasteiger partial charge in [-0.05, 0) is 37.5 Å². The van der Waals surface area contributed by atoms with Crippen LogP contribution >= 0.6 is 0 Å². The first-order valence-corrected chi connectivity index (χ1v) is 6.90. The Balaban J connectivity index is 0.000000240. The zero-order valence-corrected chi connectivity index (χ0v) is 12.2. The van der Waals surface area contributed by atoms with Crippen LogP contribution in [0, 0.1) is 5.92 Å². The van der Waals surface area contributed by atoms with Crippen molar-refractivity contribution in [2.45, 2.75) is 33.2 Å². The van der Waals surface area contributed by atoms with Crippen LogP contribution in [0.2, 0.25) is 0 Å². The topological polar surface area (TPSA) is 56.2 Å². The highest BCUT2D eigenvalue weighted by Gasteiger charge is 2.06. The molecular weight excluding hydrogens is 250 g/mol. The first-order valence-electron chi connectivity index (χ1n) is 6.90. The first-order chi connectivity index (χ1) is 9.63. The lowest BCUT2D eigenvalue weighted by atomic mass is 9.98. The Morgan fingerprint density at radius 1 is 1.20 bits per heavy atom. The number of hydrogen-bond donors (Lipinski definition) is 1. The summed E-state index contributed by atoms with van der Waals surface area (Å²) in [5, 5.41) is 0. The first kappa shape index (κ1) is 16.2. The minimum atomic E-state index is 0.195. The average Bonchev–Trinajstić information content (AvgIpc) is 3.00. The fraction of sp³-hybridized carbons (Fsp3) is 0.353. The summed E-state index contributed by atoms with van der Waals surface area (Å²) >= 11 is 0. The molecule has 0 spiro atoms. The van der Waals surface area contributed by atoms with Crippen LogP contribution in [0.3, 0.4) is 0 Å². The lowest BCUT2D eigenvalue weighted by Crippen LogP contribution is -2.07. The monoisotopic (exact) mass is 273 g/mol. The number of Topliss-reactive ketones (excluding diaryl/α,β-unsaturated/α-hetero) is 1. The van der Waals surface area contributed by atoms with E-state index in [0.717, 1.165) is 18.6 Å². The molecule has 0 radical (unpaired) electrons. The summed E-state index contributed by atoms with van der Waals surface area (Å²) in [4.78, 5) is 11.0. The predicted molar refractivity (Wildman–Crippen MR) is 81.2 cm³/mol. The predicted octanol–water partition coefficient (Wildman–Crippen LogP) is 3.58. The van der Waals surface area contributed by atoms with E-state index in [9.17, 15) is 4.79 Å². The van der Waals surface area contributed by atoms with E-state index in [2.05, 4.69) is 12.1 Å². The number of rotatable bonds is 5. The normalized spacial score (nSPS) is 11.3. The maximum Gasteiger partial charge on any atom is 0.132 e. The van der Waals surface area contributed by atoms with Crippen LogP contribution in [0.1, 0.15) is 31.6 Å². The van der Waals surface area contributed by atoms with Crippen molar-refractivity contribution >= 4 is 5.78 Å². The number of hydrogen-bond acceptors (Lipinski definition) is 3. The van der Waals surface area contributed by atoms with Gasteiger partial charge in [0.05, 0.1) is 12.8 Å². The van der Waals surface area contributed by atoms with E-state index in [4.69, 9.17) is 10.2 Å². The molecule has 1 aromatic carbocycles. The van der Waals surface area contributed by atoms with Gasteiger partial charge in [0.2, 0.25) is 0 Å². The number of furan rings is 1. The molecule has 0 bridgehead atoms. The van der Waals surface area contributed by atoms with Gasteiger partial charge in [-0.1, -0.05) is 37.3 Å². The van der Waals surface area contributed by atoms with Crippen molar-refractivity contribution in [3.63, 3.8) is 0 Å². The second kappa shape index (κ2) is 9.10. The summed E-state index contributed by atoms with van der Waals surface area (Å²) in [6, 6.07) is 14.0. The quantitative estimate of drug-likeness (QED) is 0.905. The number of benzene rings is 1. The number of carbonyl (C=O) groups excluding carboxylic acids is 1. The lowest BCUT2D eigenvalue weighted by molar-refractivity contribution is -0.120. The Labute approximate surface area is 120 Å². The van der Waals surface area contributed by atoms with E-state index in [1.165, 1.54) is 5.56 Å². The van der Waals surface area contributed by atoms with Crippen LogP contribution in [-0.4, -0.2) is 5.78 Å². The number of nitrogens with two attached hydrogens (primary N) is 1. The van der Waals surface area contributed by atoms with Crippen LogP contribution < -0.4 is 5.73 Å². The van der Waals surface area contributed by atoms with Crippen molar-refractivity contribution in [1.82, 2.24) is 0 Å². The lowest BCUT2D eigenvalue weighted by Gasteiger charge is -2.06. The molecule has 0 fully saturated rings. The Kier molecular flexibility index (Phi) is 7.36. The van der Waals surface area contributed by atoms with Crippen LogP contribution in [0.15, 0.2) is 53.1 Å². The van der Waals surface area contributed by atoms with E-state index in [-0.39, 0.29) is 11.7 Å². The SMILES string of the molecule is CC(=O)C(C)CCc1ccccc1.NCc1ccco1. The Bertz CT molecular complexity index is 477. The van der Waals surface area contributed by atoms with Crippen molar-refractivity contribution in [3.8, 4) is 0 Å². The highest BCUT2D eigenvalue weighted by molar-refractivity contribution is 5.77. The van der Waals surface area contributed by atoms with Crippen molar-refractivity contribution in [3.05, 3.63) is 60.1 Å². The molecule has 20 heavy (non-hydrogen) atoms. The molecule has 1 atom stereocenters. The van der Waals surface area contributed by atoms with Crippen molar-refractivity contribution in [1.29, 1.82) is 0 Å². The Morgan fingerprint density at radius 2 is 1.90 bits per heavy atom. The summed E-state index contributed by atoms with van der Waals surface area (Å²) in [5.74, 6) is 1.32. The molecule has 0 amide bonds. The zero-order valence-electron chi connectivity index (χ0n) is 12.2. The largest absolute Gasteiger partial charge is 0.468 e. The molecule has 0 saturated heterocycles. The van der Waals surface area contributed by atoms with Gasteiger partial charge in [0.25, 0.3) is 0 Å². The van der Waals surface area contributed by atoms with Gasteiger partial charge in [0.1, 0.15) is 11.5 Å². The maximum absolute atomic E-state index is 11.0. The van der Waals surface area contributed by atoms with Gasteiger partial charge < -0.3 is 10.2 Å². The fourth-order valence-corrected chi connectivity index (χ4v) is 1.66. The zero-order chi connectivity index (χ0) is 14.8. The second-order valence-electron chi connectivity index (χ2n) is 4.82. The molecule has 3 heteroatoms. The van der Waals surface area contributed by atoms with E-state index in [0.29, 0.717) is 6.54 Å². The van der Waals surface area contributed by atoms with Crippen molar-refractivity contribution in [2.75, 3.05) is 0 Å². The highest BCUT2D eigenvalue weighted by atomic mass is 16.3. The smallest absolute Gasteiger partial charge is 0.132 e. The molecule has 2 rings (SSSR count). The molecule has 108 valence electrons. The fourth-order valence-electron chi connectivity index (χ4n) is 1.66. The molecule has 1 heterocycles. The molecule has 0 aliphatic heterocycles. The third kappa shape index (κ3) is 6.34. The molecule has 3 nitrogen and oxygen atoms in total. The van der Waals surface area contributed by atoms with Gasteiger partial charge >= 0.3 is 0 Å². The Morgan fingerprint density at radius 3 is 2.35 bits per heavy atom. The van der Waals surface area contributed by atoms with E-state index < -0.39 is 0 Å². The average molecular weight is 273 g/mol. The second-order valence-corrected chi connectivity index (χ2v) is 4.82. The number of ketones is 1. The molecule has 2 N–H and O–H groups in total. The van der Waals surface area contributed by atoms with Crippen LogP contribution in [-0.2, 0) is 17.8 Å².